The third-order valence-corrected chi connectivity index (χ3v) is 6.67. The lowest BCUT2D eigenvalue weighted by Crippen LogP contribution is -2.49. The summed E-state index contributed by atoms with van der Waals surface area (Å²) in [5.74, 6) is 0.299. The maximum absolute atomic E-state index is 12.7. The molecule has 1 aromatic carbocycles. The number of carbonyl (C=O) groups is 1. The summed E-state index contributed by atoms with van der Waals surface area (Å²) < 4.78 is 1.82. The van der Waals surface area contributed by atoms with E-state index in [2.05, 4.69) is 19.8 Å². The average molecular weight is 430 g/mol. The number of hydrogen-bond donors (Lipinski definition) is 0. The Morgan fingerprint density at radius 2 is 1.57 bits per heavy atom. The second kappa shape index (κ2) is 9.94. The van der Waals surface area contributed by atoms with E-state index in [0.717, 1.165) is 75.6 Å². The Kier molecular flexibility index (Phi) is 7.08. The van der Waals surface area contributed by atoms with Gasteiger partial charge in [-0.2, -0.15) is 5.10 Å². The number of benzene rings is 1. The minimum Gasteiger partial charge on any atom is -0.342 e. The van der Waals surface area contributed by atoms with Crippen LogP contribution < -0.4 is 0 Å². The van der Waals surface area contributed by atoms with Crippen LogP contribution in [0.5, 0.6) is 0 Å². The number of amides is 1. The second-order valence-electron chi connectivity index (χ2n) is 8.45. The summed E-state index contributed by atoms with van der Waals surface area (Å²) in [6.45, 7) is 8.97. The van der Waals surface area contributed by atoms with Gasteiger partial charge >= 0.3 is 0 Å². The van der Waals surface area contributed by atoms with Gasteiger partial charge < -0.3 is 4.90 Å². The van der Waals surface area contributed by atoms with Crippen LogP contribution in [0, 0.1) is 6.92 Å². The summed E-state index contributed by atoms with van der Waals surface area (Å²) in [6.07, 6.45) is 4.81. The molecule has 0 saturated carbocycles. The molecular formula is C23H32ClN5O. The monoisotopic (exact) mass is 429 g/mol. The van der Waals surface area contributed by atoms with Crippen molar-refractivity contribution in [1.82, 2.24) is 24.5 Å². The molecule has 30 heavy (non-hydrogen) atoms. The number of hydrogen-bond acceptors (Lipinski definition) is 4. The largest absolute Gasteiger partial charge is 0.342 e. The van der Waals surface area contributed by atoms with Crippen molar-refractivity contribution in [1.29, 1.82) is 0 Å². The lowest BCUT2D eigenvalue weighted by molar-refractivity contribution is -0.132. The van der Waals surface area contributed by atoms with Gasteiger partial charge in [0.2, 0.25) is 5.91 Å². The molecular weight excluding hydrogens is 398 g/mol. The first kappa shape index (κ1) is 21.3. The van der Waals surface area contributed by atoms with Gasteiger partial charge in [-0.3, -0.25) is 14.6 Å². The molecule has 2 aliphatic heterocycles. The van der Waals surface area contributed by atoms with Crippen molar-refractivity contribution in [3.05, 3.63) is 46.7 Å². The average Bonchev–Trinajstić information content (AvgIpc) is 2.96. The molecule has 3 heterocycles. The summed E-state index contributed by atoms with van der Waals surface area (Å²) in [6, 6.07) is 10.0. The van der Waals surface area contributed by atoms with Gasteiger partial charge in [0.05, 0.1) is 17.9 Å². The summed E-state index contributed by atoms with van der Waals surface area (Å²) >= 11 is 6.69. The Hall–Kier alpha value is -1.89. The Balaban J connectivity index is 1.31. The fourth-order valence-corrected chi connectivity index (χ4v) is 4.72. The van der Waals surface area contributed by atoms with E-state index in [9.17, 15) is 4.79 Å². The molecule has 0 radical (unpaired) electrons. The minimum absolute atomic E-state index is 0.299. The number of aryl methyl sites for hydroxylation is 1. The number of carbonyl (C=O) groups excluding carboxylic acids is 1. The van der Waals surface area contributed by atoms with Gasteiger partial charge in [-0.25, -0.2) is 4.68 Å². The van der Waals surface area contributed by atoms with Gasteiger partial charge in [0, 0.05) is 51.4 Å². The van der Waals surface area contributed by atoms with Crippen LogP contribution in [-0.4, -0.2) is 76.2 Å². The zero-order chi connectivity index (χ0) is 20.9. The Morgan fingerprint density at radius 1 is 0.933 bits per heavy atom. The predicted octanol–water partition coefficient (Wildman–Crippen LogP) is 3.35. The molecule has 1 amide bonds. The fraction of sp³-hybridized carbons (Fsp3) is 0.565. The first-order valence-electron chi connectivity index (χ1n) is 11.1. The number of aromatic nitrogens is 2. The number of piperazine rings is 1. The topological polar surface area (TPSA) is 44.6 Å². The lowest BCUT2D eigenvalue weighted by atomic mass is 10.2. The standard InChI is InChI=1S/C23H32ClN5O/c1-19-21(23(24)29(25-19)20-9-5-4-6-10-20)17-26-13-15-27(16-14-26)18-22(30)28-11-7-2-3-8-12-28/h4-6,9-10H,2-3,7-8,11-18H2,1H3. The molecule has 0 spiro atoms. The van der Waals surface area contributed by atoms with Gasteiger partial charge in [0.15, 0.2) is 0 Å². The molecule has 2 saturated heterocycles. The van der Waals surface area contributed by atoms with Gasteiger partial charge in [0.25, 0.3) is 0 Å². The summed E-state index contributed by atoms with van der Waals surface area (Å²) in [7, 11) is 0. The highest BCUT2D eigenvalue weighted by molar-refractivity contribution is 6.30. The number of halogens is 1. The molecule has 0 unspecified atom stereocenters. The maximum Gasteiger partial charge on any atom is 0.236 e. The van der Waals surface area contributed by atoms with Crippen LogP contribution in [0.1, 0.15) is 36.9 Å². The molecule has 4 rings (SSSR count). The van der Waals surface area contributed by atoms with Crippen LogP contribution in [0.4, 0.5) is 0 Å². The van der Waals surface area contributed by atoms with Crippen molar-refractivity contribution in [2.24, 2.45) is 0 Å². The zero-order valence-electron chi connectivity index (χ0n) is 17.9. The first-order valence-corrected chi connectivity index (χ1v) is 11.5. The van der Waals surface area contributed by atoms with Crippen molar-refractivity contribution >= 4 is 17.5 Å². The second-order valence-corrected chi connectivity index (χ2v) is 8.81. The highest BCUT2D eigenvalue weighted by atomic mass is 35.5. The van der Waals surface area contributed by atoms with E-state index in [-0.39, 0.29) is 0 Å². The predicted molar refractivity (Wildman–Crippen MR) is 120 cm³/mol. The quantitative estimate of drug-likeness (QED) is 0.731. The van der Waals surface area contributed by atoms with Crippen LogP contribution >= 0.6 is 11.6 Å². The number of nitrogens with zero attached hydrogens (tertiary/aromatic N) is 5. The fourth-order valence-electron chi connectivity index (χ4n) is 4.39. The highest BCUT2D eigenvalue weighted by Crippen LogP contribution is 2.25. The molecule has 0 aliphatic carbocycles. The van der Waals surface area contributed by atoms with E-state index in [4.69, 9.17) is 11.6 Å². The molecule has 0 bridgehead atoms. The molecule has 1 aromatic heterocycles. The molecule has 0 N–H and O–H groups in total. The number of rotatable bonds is 5. The Morgan fingerprint density at radius 3 is 2.23 bits per heavy atom. The van der Waals surface area contributed by atoms with Crippen LogP contribution in [-0.2, 0) is 11.3 Å². The van der Waals surface area contributed by atoms with Crippen LogP contribution in [0.3, 0.4) is 0 Å². The molecule has 2 fully saturated rings. The van der Waals surface area contributed by atoms with Gasteiger partial charge in [-0.15, -0.1) is 0 Å². The Bertz CT molecular complexity index is 837. The maximum atomic E-state index is 12.7. The Labute approximate surface area is 184 Å². The van der Waals surface area contributed by atoms with Gasteiger partial charge in [0.1, 0.15) is 5.15 Å². The van der Waals surface area contributed by atoms with Crippen molar-refractivity contribution in [3.63, 3.8) is 0 Å². The first-order chi connectivity index (χ1) is 14.6. The summed E-state index contributed by atoms with van der Waals surface area (Å²) in [5, 5.41) is 5.35. The molecule has 2 aliphatic rings. The molecule has 0 atom stereocenters. The number of para-hydroxylation sites is 1. The normalized spacial score (nSPS) is 19.1. The van der Waals surface area contributed by atoms with Crippen LogP contribution in [0.25, 0.3) is 5.69 Å². The number of likely N-dealkylation sites (tertiary alicyclic amines) is 1. The molecule has 2 aromatic rings. The van der Waals surface area contributed by atoms with Crippen LogP contribution in [0.15, 0.2) is 30.3 Å². The van der Waals surface area contributed by atoms with E-state index in [1.807, 2.05) is 41.9 Å². The van der Waals surface area contributed by atoms with E-state index in [0.29, 0.717) is 17.6 Å². The van der Waals surface area contributed by atoms with E-state index in [1.165, 1.54) is 12.8 Å². The zero-order valence-corrected chi connectivity index (χ0v) is 18.7. The van der Waals surface area contributed by atoms with E-state index < -0.39 is 0 Å². The van der Waals surface area contributed by atoms with Crippen LogP contribution in [0.2, 0.25) is 5.15 Å². The summed E-state index contributed by atoms with van der Waals surface area (Å²) in [5.41, 5.74) is 3.05. The smallest absolute Gasteiger partial charge is 0.236 e. The van der Waals surface area contributed by atoms with Crippen molar-refractivity contribution < 1.29 is 4.79 Å². The van der Waals surface area contributed by atoms with Gasteiger partial charge in [-0.05, 0) is 31.9 Å². The van der Waals surface area contributed by atoms with Crippen molar-refractivity contribution in [3.8, 4) is 5.69 Å². The van der Waals surface area contributed by atoms with Crippen molar-refractivity contribution in [2.75, 3.05) is 45.8 Å². The van der Waals surface area contributed by atoms with Gasteiger partial charge in [-0.1, -0.05) is 42.6 Å². The van der Waals surface area contributed by atoms with E-state index >= 15 is 0 Å². The SMILES string of the molecule is Cc1nn(-c2ccccc2)c(Cl)c1CN1CCN(CC(=O)N2CCCCCC2)CC1. The lowest BCUT2D eigenvalue weighted by Gasteiger charge is -2.35. The summed E-state index contributed by atoms with van der Waals surface area (Å²) in [4.78, 5) is 19.4. The molecule has 7 heteroatoms. The third kappa shape index (κ3) is 5.05. The molecule has 162 valence electrons. The minimum atomic E-state index is 0.299. The van der Waals surface area contributed by atoms with E-state index in [1.54, 1.807) is 0 Å². The van der Waals surface area contributed by atoms with Crippen molar-refractivity contribution in [2.45, 2.75) is 39.2 Å². The third-order valence-electron chi connectivity index (χ3n) is 6.29. The molecule has 6 nitrogen and oxygen atoms in total. The highest BCUT2D eigenvalue weighted by Gasteiger charge is 2.24.